The first-order valence-corrected chi connectivity index (χ1v) is 15.6. The molecule has 0 aliphatic rings. The van der Waals surface area contributed by atoms with E-state index in [2.05, 4.69) is 30.8 Å². The lowest BCUT2D eigenvalue weighted by Crippen LogP contribution is -2.17. The molecular weight excluding hydrogens is 773 g/mol. The average molecular weight is 802 g/mol. The zero-order valence-corrected chi connectivity index (χ0v) is 29.9. The molecule has 4 aromatic carbocycles. The monoisotopic (exact) mass is 800 g/mol. The van der Waals surface area contributed by atoms with Crippen molar-refractivity contribution < 1.29 is 33.1 Å². The molecular formula is C34H29Cl3F2N10O5. The van der Waals surface area contributed by atoms with E-state index < -0.39 is 40.3 Å². The number of rotatable bonds is 10. The van der Waals surface area contributed by atoms with Crippen LogP contribution in [-0.4, -0.2) is 58.3 Å². The van der Waals surface area contributed by atoms with E-state index >= 15 is 0 Å². The zero-order chi connectivity index (χ0) is 37.4. The maximum atomic E-state index is 14.1. The smallest absolute Gasteiger partial charge is 0.335 e. The Labute approximate surface area is 321 Å². The van der Waals surface area contributed by atoms with Crippen LogP contribution in [0.3, 0.4) is 0 Å². The molecule has 0 fully saturated rings. The molecule has 6 rings (SSSR count). The molecule has 3 amide bonds. The molecule has 54 heavy (non-hydrogen) atoms. The van der Waals surface area contributed by atoms with Crippen molar-refractivity contribution in [2.45, 2.75) is 13.1 Å². The molecule has 0 aliphatic carbocycles. The number of halogens is 5. The summed E-state index contributed by atoms with van der Waals surface area (Å²) in [4.78, 5) is 54.5. The van der Waals surface area contributed by atoms with E-state index in [1.807, 2.05) is 60.7 Å². The molecule has 0 aliphatic heterocycles. The Bertz CT molecular complexity index is 2120. The number of anilines is 2. The summed E-state index contributed by atoms with van der Waals surface area (Å²) in [6.07, 6.45) is 2.77. The number of aromatic nitrogens is 6. The van der Waals surface area contributed by atoms with Crippen LogP contribution in [0.2, 0.25) is 10.0 Å². The topological polar surface area (TPSA) is 235 Å². The van der Waals surface area contributed by atoms with Gasteiger partial charge in [-0.1, -0.05) is 83.9 Å². The molecule has 0 unspecified atom stereocenters. The van der Waals surface area contributed by atoms with Crippen molar-refractivity contribution in [2.24, 2.45) is 5.73 Å². The van der Waals surface area contributed by atoms with E-state index in [1.165, 1.54) is 22.0 Å². The molecule has 0 atom stereocenters. The third-order valence-electron chi connectivity index (χ3n) is 6.94. The third-order valence-corrected chi connectivity index (χ3v) is 7.49. The van der Waals surface area contributed by atoms with Crippen LogP contribution in [0.4, 0.5) is 20.2 Å². The molecule has 280 valence electrons. The molecule has 0 spiro atoms. The van der Waals surface area contributed by atoms with Crippen molar-refractivity contribution in [1.82, 2.24) is 35.7 Å². The highest BCUT2D eigenvalue weighted by atomic mass is 35.5. The van der Waals surface area contributed by atoms with Crippen molar-refractivity contribution in [3.8, 4) is 0 Å². The minimum atomic E-state index is -1.30. The first-order chi connectivity index (χ1) is 24.9. The lowest BCUT2D eigenvalue weighted by molar-refractivity contribution is 0.0696. The zero-order valence-electron chi connectivity index (χ0n) is 27.6. The highest BCUT2D eigenvalue weighted by Gasteiger charge is 2.20. The molecule has 2 aromatic heterocycles. The van der Waals surface area contributed by atoms with Crippen LogP contribution < -0.4 is 22.5 Å². The number of primary amides is 1. The lowest BCUT2D eigenvalue weighted by Gasteiger charge is -2.07. The number of amides is 3. The van der Waals surface area contributed by atoms with Crippen molar-refractivity contribution in [3.63, 3.8) is 0 Å². The number of carboxylic acid groups (broad SMARTS) is 1. The van der Waals surface area contributed by atoms with Gasteiger partial charge in [-0.15, -0.1) is 22.6 Å². The van der Waals surface area contributed by atoms with Crippen LogP contribution in [0, 0.1) is 11.6 Å². The predicted molar refractivity (Wildman–Crippen MR) is 198 cm³/mol. The highest BCUT2D eigenvalue weighted by Crippen LogP contribution is 2.26. The number of carbonyl (C=O) groups is 4. The number of nitrogens with one attached hydrogen (secondary N) is 2. The summed E-state index contributed by atoms with van der Waals surface area (Å²) < 4.78 is 31.0. The lowest BCUT2D eigenvalue weighted by atomic mass is 10.2. The van der Waals surface area contributed by atoms with Crippen LogP contribution in [0.25, 0.3) is 0 Å². The number of hydrogen-bond acceptors (Lipinski definition) is 9. The third kappa shape index (κ3) is 10.9. The molecule has 0 saturated carbocycles. The second kappa shape index (κ2) is 19.0. The number of nitrogens with zero attached hydrogens (tertiary/aromatic N) is 6. The maximum absolute atomic E-state index is 14.1. The Kier molecular flexibility index (Phi) is 14.8. The van der Waals surface area contributed by atoms with Gasteiger partial charge in [-0.3, -0.25) is 14.4 Å². The SMILES string of the molecule is Cl.N.NC(=O)c1cc(Cl)c(F)c(NC(=O)c2ncn(Cc3ccccc3)n2)c1.O=C(O)c1cc(Cl)c(F)c(NC(=O)c2ncn(Cc3ccccc3)n2)c1. The minimum Gasteiger partial charge on any atom is -0.478 e. The number of aromatic carboxylic acids is 1. The Balaban J connectivity index is 0.000000280. The molecule has 0 bridgehead atoms. The fraction of sp³-hybridized carbons (Fsp3) is 0.0588. The van der Waals surface area contributed by atoms with E-state index in [0.717, 1.165) is 35.4 Å². The first kappa shape index (κ1) is 42.1. The number of hydrogen-bond donors (Lipinski definition) is 5. The van der Waals surface area contributed by atoms with Crippen molar-refractivity contribution >= 4 is 70.7 Å². The number of carbonyl (C=O) groups excluding carboxylic acids is 3. The Morgan fingerprint density at radius 1 is 0.685 bits per heavy atom. The standard InChI is InChI=1S/C17H13ClFN5O2.C17H12ClFN4O3.ClH.H3N/c18-12-6-11(15(20)25)7-13(14(12)19)22-17(26)16-21-9-24(23-16)8-10-4-2-1-3-5-10;18-12-6-11(17(25)26)7-13(14(12)19)21-16(24)15-20-9-23(22-15)8-10-4-2-1-3-5-10;;/h1-7,9H,8H2,(H2,20,25)(H,22,26);1-7,9H,8H2,(H,21,24)(H,25,26);1H;1H3. The van der Waals surface area contributed by atoms with Crippen molar-refractivity contribution in [1.29, 1.82) is 0 Å². The van der Waals surface area contributed by atoms with E-state index in [0.29, 0.717) is 13.1 Å². The van der Waals surface area contributed by atoms with Gasteiger partial charge in [0.05, 0.1) is 40.1 Å². The fourth-order valence-corrected chi connectivity index (χ4v) is 4.91. The highest BCUT2D eigenvalue weighted by molar-refractivity contribution is 6.32. The second-order valence-corrected chi connectivity index (χ2v) is 11.5. The molecule has 2 heterocycles. The van der Waals surface area contributed by atoms with E-state index in [-0.39, 0.29) is 57.7 Å². The number of benzene rings is 4. The van der Waals surface area contributed by atoms with E-state index in [9.17, 15) is 28.0 Å². The Morgan fingerprint density at radius 2 is 1.07 bits per heavy atom. The summed E-state index contributed by atoms with van der Waals surface area (Å²) >= 11 is 11.4. The largest absolute Gasteiger partial charge is 0.478 e. The van der Waals surface area contributed by atoms with Gasteiger partial charge in [0.25, 0.3) is 11.8 Å². The minimum absolute atomic E-state index is 0. The van der Waals surface area contributed by atoms with Crippen LogP contribution in [0.15, 0.2) is 97.6 Å². The summed E-state index contributed by atoms with van der Waals surface area (Å²) in [7, 11) is 0. The summed E-state index contributed by atoms with van der Waals surface area (Å²) in [6.45, 7) is 0.842. The van der Waals surface area contributed by atoms with Gasteiger partial charge in [0.2, 0.25) is 17.6 Å². The summed E-state index contributed by atoms with van der Waals surface area (Å²) in [5, 5.41) is 20.9. The van der Waals surface area contributed by atoms with E-state index in [4.69, 9.17) is 34.0 Å². The maximum Gasteiger partial charge on any atom is 0.335 e. The van der Waals surface area contributed by atoms with Crippen molar-refractivity contribution in [3.05, 3.63) is 153 Å². The van der Waals surface area contributed by atoms with Gasteiger partial charge < -0.3 is 27.6 Å². The van der Waals surface area contributed by atoms with Crippen LogP contribution >= 0.6 is 35.6 Å². The van der Waals surface area contributed by atoms with Gasteiger partial charge in [0.15, 0.2) is 11.6 Å². The van der Waals surface area contributed by atoms with Gasteiger partial charge in [0.1, 0.15) is 12.7 Å². The fourth-order valence-electron chi connectivity index (χ4n) is 4.47. The van der Waals surface area contributed by atoms with Crippen LogP contribution in [0.1, 0.15) is 53.1 Å². The summed E-state index contributed by atoms with van der Waals surface area (Å²) in [5.74, 6) is -5.77. The molecule has 6 aromatic rings. The van der Waals surface area contributed by atoms with Gasteiger partial charge in [-0.05, 0) is 35.4 Å². The average Bonchev–Trinajstić information content (AvgIpc) is 3.80. The molecule has 0 radical (unpaired) electrons. The number of carboxylic acids is 1. The molecule has 20 heteroatoms. The first-order valence-electron chi connectivity index (χ1n) is 14.9. The molecule has 8 N–H and O–H groups in total. The van der Waals surface area contributed by atoms with Crippen LogP contribution in [-0.2, 0) is 13.1 Å². The predicted octanol–water partition coefficient (Wildman–Crippen LogP) is 6.12. The molecule has 15 nitrogen and oxygen atoms in total. The number of nitrogens with two attached hydrogens (primary N) is 1. The Hall–Kier alpha value is -6.27. The van der Waals surface area contributed by atoms with Crippen LogP contribution in [0.5, 0.6) is 0 Å². The Morgan fingerprint density at radius 3 is 1.46 bits per heavy atom. The summed E-state index contributed by atoms with van der Waals surface area (Å²) in [5.41, 5.74) is 6.18. The van der Waals surface area contributed by atoms with Crippen molar-refractivity contribution in [2.75, 3.05) is 10.6 Å². The van der Waals surface area contributed by atoms with Gasteiger partial charge >= 0.3 is 5.97 Å². The molecule has 0 saturated heterocycles. The van der Waals surface area contributed by atoms with Gasteiger partial charge in [0, 0.05) is 5.56 Å². The van der Waals surface area contributed by atoms with Gasteiger partial charge in [-0.2, -0.15) is 0 Å². The second-order valence-electron chi connectivity index (χ2n) is 10.7. The van der Waals surface area contributed by atoms with Gasteiger partial charge in [-0.25, -0.2) is 32.9 Å². The normalized spacial score (nSPS) is 10.1. The van der Waals surface area contributed by atoms with E-state index in [1.54, 1.807) is 0 Å². The quantitative estimate of drug-likeness (QED) is 0.106. The summed E-state index contributed by atoms with van der Waals surface area (Å²) in [6, 6.07) is 23.0.